The number of benzene rings is 1. The van der Waals surface area contributed by atoms with Crippen LogP contribution >= 0.6 is 0 Å². The van der Waals surface area contributed by atoms with Crippen molar-refractivity contribution in [3.8, 4) is 0 Å². The standard InChI is InChI=1S/C16H24O/c1-12(2)14-8-6-10-16(17,11-14)15-9-5-4-7-13(15)3/h4-5,7,9,12,14,17H,6,8,10-11H2,1-3H3. The summed E-state index contributed by atoms with van der Waals surface area (Å²) in [5, 5.41) is 10.9. The van der Waals surface area contributed by atoms with E-state index in [1.54, 1.807) is 0 Å². The van der Waals surface area contributed by atoms with Crippen LogP contribution in [0.3, 0.4) is 0 Å². The second kappa shape index (κ2) is 4.81. The maximum Gasteiger partial charge on any atom is 0.0901 e. The van der Waals surface area contributed by atoms with Crippen molar-refractivity contribution in [1.82, 2.24) is 0 Å². The Morgan fingerprint density at radius 1 is 1.29 bits per heavy atom. The third kappa shape index (κ3) is 2.55. The van der Waals surface area contributed by atoms with E-state index in [-0.39, 0.29) is 0 Å². The summed E-state index contributed by atoms with van der Waals surface area (Å²) < 4.78 is 0. The fraction of sp³-hybridized carbons (Fsp3) is 0.625. The van der Waals surface area contributed by atoms with Crippen LogP contribution < -0.4 is 0 Å². The molecule has 0 spiro atoms. The van der Waals surface area contributed by atoms with Crippen LogP contribution in [0.1, 0.15) is 50.7 Å². The van der Waals surface area contributed by atoms with Crippen molar-refractivity contribution in [2.45, 2.75) is 52.1 Å². The quantitative estimate of drug-likeness (QED) is 0.816. The van der Waals surface area contributed by atoms with Gasteiger partial charge in [-0.05, 0) is 55.6 Å². The molecule has 1 aliphatic rings. The van der Waals surface area contributed by atoms with Gasteiger partial charge in [0.25, 0.3) is 0 Å². The predicted molar refractivity (Wildman–Crippen MR) is 71.9 cm³/mol. The largest absolute Gasteiger partial charge is 0.385 e. The highest BCUT2D eigenvalue weighted by atomic mass is 16.3. The van der Waals surface area contributed by atoms with Gasteiger partial charge in [-0.15, -0.1) is 0 Å². The number of hydrogen-bond donors (Lipinski definition) is 1. The Kier molecular flexibility index (Phi) is 3.58. The molecular weight excluding hydrogens is 208 g/mol. The predicted octanol–water partition coefficient (Wildman–Crippen LogP) is 4.03. The topological polar surface area (TPSA) is 20.2 Å². The maximum atomic E-state index is 10.9. The zero-order chi connectivity index (χ0) is 12.5. The molecule has 2 atom stereocenters. The minimum atomic E-state index is -0.585. The zero-order valence-corrected chi connectivity index (χ0v) is 11.2. The van der Waals surface area contributed by atoms with Gasteiger partial charge in [0.05, 0.1) is 5.60 Å². The van der Waals surface area contributed by atoms with E-state index in [2.05, 4.69) is 32.9 Å². The molecule has 0 amide bonds. The molecule has 1 heteroatoms. The third-order valence-corrected chi connectivity index (χ3v) is 4.35. The van der Waals surface area contributed by atoms with Gasteiger partial charge in [-0.3, -0.25) is 0 Å². The van der Waals surface area contributed by atoms with E-state index in [9.17, 15) is 5.11 Å². The Bertz CT molecular complexity index is 383. The van der Waals surface area contributed by atoms with E-state index in [0.717, 1.165) is 24.8 Å². The molecule has 2 rings (SSSR count). The highest BCUT2D eigenvalue weighted by molar-refractivity contribution is 5.31. The van der Waals surface area contributed by atoms with Crippen LogP contribution in [-0.4, -0.2) is 5.11 Å². The Hall–Kier alpha value is -0.820. The second-order valence-electron chi connectivity index (χ2n) is 5.95. The highest BCUT2D eigenvalue weighted by Crippen LogP contribution is 2.43. The molecule has 0 aromatic heterocycles. The average molecular weight is 232 g/mol. The van der Waals surface area contributed by atoms with Crippen molar-refractivity contribution in [3.05, 3.63) is 35.4 Å². The molecule has 0 bridgehead atoms. The molecule has 17 heavy (non-hydrogen) atoms. The molecule has 1 aliphatic carbocycles. The normalized spacial score (nSPS) is 29.6. The van der Waals surface area contributed by atoms with E-state index in [0.29, 0.717) is 11.8 Å². The Labute approximate surface area is 105 Å². The first-order chi connectivity index (χ1) is 8.03. The second-order valence-corrected chi connectivity index (χ2v) is 5.95. The number of aryl methyl sites for hydroxylation is 1. The first-order valence-electron chi connectivity index (χ1n) is 6.81. The first-order valence-corrected chi connectivity index (χ1v) is 6.81. The van der Waals surface area contributed by atoms with Crippen molar-refractivity contribution < 1.29 is 5.11 Å². The molecule has 1 nitrogen and oxygen atoms in total. The Morgan fingerprint density at radius 2 is 2.00 bits per heavy atom. The number of aliphatic hydroxyl groups is 1. The average Bonchev–Trinajstić information content (AvgIpc) is 2.29. The van der Waals surface area contributed by atoms with E-state index >= 15 is 0 Å². The van der Waals surface area contributed by atoms with Gasteiger partial charge in [-0.1, -0.05) is 38.1 Å². The molecule has 1 aromatic rings. The van der Waals surface area contributed by atoms with Gasteiger partial charge in [0, 0.05) is 0 Å². The van der Waals surface area contributed by atoms with Crippen molar-refractivity contribution in [2.24, 2.45) is 11.8 Å². The SMILES string of the molecule is Cc1ccccc1C1(O)CCCC(C(C)C)C1. The summed E-state index contributed by atoms with van der Waals surface area (Å²) in [6, 6.07) is 8.29. The molecule has 1 fully saturated rings. The molecule has 2 unspecified atom stereocenters. The molecule has 1 N–H and O–H groups in total. The maximum absolute atomic E-state index is 10.9. The summed E-state index contributed by atoms with van der Waals surface area (Å²) in [5.74, 6) is 1.33. The fourth-order valence-electron chi connectivity index (χ4n) is 3.20. The molecule has 1 saturated carbocycles. The van der Waals surface area contributed by atoms with Crippen molar-refractivity contribution in [3.63, 3.8) is 0 Å². The van der Waals surface area contributed by atoms with Gasteiger partial charge in [-0.25, -0.2) is 0 Å². The Balaban J connectivity index is 2.27. The monoisotopic (exact) mass is 232 g/mol. The smallest absolute Gasteiger partial charge is 0.0901 e. The van der Waals surface area contributed by atoms with Gasteiger partial charge in [0.2, 0.25) is 0 Å². The van der Waals surface area contributed by atoms with Crippen LogP contribution in [0, 0.1) is 18.8 Å². The van der Waals surface area contributed by atoms with Crippen LogP contribution in [0.2, 0.25) is 0 Å². The lowest BCUT2D eigenvalue weighted by Gasteiger charge is -2.39. The van der Waals surface area contributed by atoms with E-state index in [1.807, 2.05) is 12.1 Å². The lowest BCUT2D eigenvalue weighted by molar-refractivity contribution is -0.0300. The minimum absolute atomic E-state index is 0.585. The van der Waals surface area contributed by atoms with Crippen LogP contribution in [0.25, 0.3) is 0 Å². The summed E-state index contributed by atoms with van der Waals surface area (Å²) in [7, 11) is 0. The van der Waals surface area contributed by atoms with Crippen LogP contribution in [0.4, 0.5) is 0 Å². The summed E-state index contributed by atoms with van der Waals surface area (Å²) in [4.78, 5) is 0. The zero-order valence-electron chi connectivity index (χ0n) is 11.2. The van der Waals surface area contributed by atoms with Gasteiger partial charge in [0.15, 0.2) is 0 Å². The van der Waals surface area contributed by atoms with Crippen LogP contribution in [0.15, 0.2) is 24.3 Å². The van der Waals surface area contributed by atoms with E-state index in [4.69, 9.17) is 0 Å². The van der Waals surface area contributed by atoms with Gasteiger partial charge < -0.3 is 5.11 Å². The lowest BCUT2D eigenvalue weighted by Crippen LogP contribution is -2.35. The van der Waals surface area contributed by atoms with Crippen LogP contribution in [-0.2, 0) is 5.60 Å². The minimum Gasteiger partial charge on any atom is -0.385 e. The van der Waals surface area contributed by atoms with Crippen molar-refractivity contribution in [1.29, 1.82) is 0 Å². The molecule has 0 aliphatic heterocycles. The Morgan fingerprint density at radius 3 is 2.65 bits per heavy atom. The molecule has 94 valence electrons. The first kappa shape index (κ1) is 12.6. The van der Waals surface area contributed by atoms with Gasteiger partial charge in [0.1, 0.15) is 0 Å². The van der Waals surface area contributed by atoms with E-state index in [1.165, 1.54) is 12.0 Å². The summed E-state index contributed by atoms with van der Waals surface area (Å²) in [5.41, 5.74) is 1.78. The number of hydrogen-bond acceptors (Lipinski definition) is 1. The van der Waals surface area contributed by atoms with Gasteiger partial charge in [-0.2, -0.15) is 0 Å². The molecule has 0 radical (unpaired) electrons. The van der Waals surface area contributed by atoms with E-state index < -0.39 is 5.60 Å². The fourth-order valence-corrected chi connectivity index (χ4v) is 3.20. The van der Waals surface area contributed by atoms with Crippen molar-refractivity contribution in [2.75, 3.05) is 0 Å². The lowest BCUT2D eigenvalue weighted by atomic mass is 9.70. The van der Waals surface area contributed by atoms with Crippen LogP contribution in [0.5, 0.6) is 0 Å². The van der Waals surface area contributed by atoms with Crippen molar-refractivity contribution >= 4 is 0 Å². The summed E-state index contributed by atoms with van der Waals surface area (Å²) >= 11 is 0. The molecule has 0 saturated heterocycles. The number of rotatable bonds is 2. The molecule has 1 aromatic carbocycles. The third-order valence-electron chi connectivity index (χ3n) is 4.35. The molecule has 0 heterocycles. The summed E-state index contributed by atoms with van der Waals surface area (Å²) in [6.45, 7) is 6.65. The van der Waals surface area contributed by atoms with Gasteiger partial charge >= 0.3 is 0 Å². The highest BCUT2D eigenvalue weighted by Gasteiger charge is 2.37. The molecular formula is C16H24O. The summed E-state index contributed by atoms with van der Waals surface area (Å²) in [6.07, 6.45) is 4.26.